The van der Waals surface area contributed by atoms with Gasteiger partial charge in [-0.25, -0.2) is 0 Å². The van der Waals surface area contributed by atoms with E-state index in [2.05, 4.69) is 5.32 Å². The lowest BCUT2D eigenvalue weighted by Gasteiger charge is -2.18. The normalized spacial score (nSPS) is 14.8. The third-order valence-corrected chi connectivity index (χ3v) is 6.26. The molecule has 1 N–H and O–H groups in total. The lowest BCUT2D eigenvalue weighted by Crippen LogP contribution is -2.34. The minimum Gasteiger partial charge on any atom is -0.490 e. The monoisotopic (exact) mass is 484 g/mol. The molecule has 3 rings (SSSR count). The van der Waals surface area contributed by atoms with Crippen molar-refractivity contribution in [3.05, 3.63) is 58.0 Å². The third kappa shape index (κ3) is 6.15. The van der Waals surface area contributed by atoms with E-state index in [1.807, 2.05) is 58.9 Å². The second-order valence-electron chi connectivity index (χ2n) is 7.94. The zero-order valence-corrected chi connectivity index (χ0v) is 21.1. The van der Waals surface area contributed by atoms with E-state index < -0.39 is 0 Å². The molecule has 0 atom stereocenters. The Morgan fingerprint density at radius 2 is 1.91 bits per heavy atom. The molecule has 1 aliphatic rings. The lowest BCUT2D eigenvalue weighted by molar-refractivity contribution is -0.123. The molecule has 6 nitrogen and oxygen atoms in total. The van der Waals surface area contributed by atoms with Gasteiger partial charge in [0.25, 0.3) is 11.8 Å². The van der Waals surface area contributed by atoms with Crippen molar-refractivity contribution < 1.29 is 19.1 Å². The number of hydrogen-bond donors (Lipinski definition) is 1. The van der Waals surface area contributed by atoms with Crippen LogP contribution in [0.1, 0.15) is 37.5 Å². The van der Waals surface area contributed by atoms with Gasteiger partial charge in [0, 0.05) is 11.7 Å². The summed E-state index contributed by atoms with van der Waals surface area (Å²) < 4.78 is 12.0. The standard InChI is InChI=1S/C25H28N2O4S2/c1-6-30-21-12-18(13-22-24(29)27(15(2)3)25(32)33-22)9-10-20(21)31-14-23(28)26-19-11-16(4)7-8-17(19)5/h7-13,15H,6,14H2,1-5H3,(H,26,28)/b22-13-. The van der Waals surface area contributed by atoms with E-state index >= 15 is 0 Å². The van der Waals surface area contributed by atoms with Crippen molar-refractivity contribution in [1.82, 2.24) is 4.90 Å². The lowest BCUT2D eigenvalue weighted by atomic mass is 10.1. The number of amides is 2. The number of thiocarbonyl (C=S) groups is 1. The van der Waals surface area contributed by atoms with Gasteiger partial charge in [-0.05, 0) is 75.6 Å². The fraction of sp³-hybridized carbons (Fsp3) is 0.320. The Hall–Kier alpha value is -2.84. The van der Waals surface area contributed by atoms with Crippen LogP contribution in [0.4, 0.5) is 5.69 Å². The maximum absolute atomic E-state index is 12.7. The summed E-state index contributed by atoms with van der Waals surface area (Å²) in [4.78, 5) is 27.3. The van der Waals surface area contributed by atoms with E-state index in [1.165, 1.54) is 11.8 Å². The first-order valence-corrected chi connectivity index (χ1v) is 12.0. The Morgan fingerprint density at radius 1 is 1.15 bits per heavy atom. The quantitative estimate of drug-likeness (QED) is 0.404. The van der Waals surface area contributed by atoms with Gasteiger partial charge in [0.15, 0.2) is 18.1 Å². The van der Waals surface area contributed by atoms with Crippen molar-refractivity contribution >= 4 is 51.9 Å². The molecule has 0 unspecified atom stereocenters. The summed E-state index contributed by atoms with van der Waals surface area (Å²) in [5.41, 5.74) is 3.60. The average molecular weight is 485 g/mol. The van der Waals surface area contributed by atoms with Crippen molar-refractivity contribution in [2.24, 2.45) is 0 Å². The number of ether oxygens (including phenoxy) is 2. The van der Waals surface area contributed by atoms with Crippen molar-refractivity contribution in [2.75, 3.05) is 18.5 Å². The van der Waals surface area contributed by atoms with Gasteiger partial charge in [-0.1, -0.05) is 42.2 Å². The predicted molar refractivity (Wildman–Crippen MR) is 138 cm³/mol. The van der Waals surface area contributed by atoms with Crippen LogP contribution in [0.25, 0.3) is 6.08 Å². The molecule has 0 spiro atoms. The van der Waals surface area contributed by atoms with E-state index in [-0.39, 0.29) is 24.5 Å². The molecule has 1 heterocycles. The predicted octanol–water partition coefficient (Wildman–Crippen LogP) is 5.33. The highest BCUT2D eigenvalue weighted by atomic mass is 32.2. The minimum absolute atomic E-state index is 0.00731. The van der Waals surface area contributed by atoms with Crippen LogP contribution in [0.15, 0.2) is 41.3 Å². The van der Waals surface area contributed by atoms with Crippen LogP contribution in [-0.2, 0) is 9.59 Å². The third-order valence-electron chi connectivity index (χ3n) is 4.93. The number of aryl methyl sites for hydroxylation is 2. The van der Waals surface area contributed by atoms with Gasteiger partial charge in [-0.15, -0.1) is 0 Å². The van der Waals surface area contributed by atoms with E-state index in [0.717, 1.165) is 22.4 Å². The molecule has 2 aromatic rings. The zero-order valence-electron chi connectivity index (χ0n) is 19.4. The van der Waals surface area contributed by atoms with Crippen LogP contribution in [0.2, 0.25) is 0 Å². The summed E-state index contributed by atoms with van der Waals surface area (Å²) in [5.74, 6) is 0.610. The molecule has 1 aliphatic heterocycles. The summed E-state index contributed by atoms with van der Waals surface area (Å²) in [6.45, 7) is 9.94. The van der Waals surface area contributed by atoms with Crippen LogP contribution < -0.4 is 14.8 Å². The van der Waals surface area contributed by atoms with E-state index in [1.54, 1.807) is 23.1 Å². The van der Waals surface area contributed by atoms with Crippen molar-refractivity contribution in [3.8, 4) is 11.5 Å². The number of carbonyl (C=O) groups is 2. The van der Waals surface area contributed by atoms with Gasteiger partial charge >= 0.3 is 0 Å². The van der Waals surface area contributed by atoms with Gasteiger partial charge in [0.1, 0.15) is 4.32 Å². The maximum Gasteiger partial charge on any atom is 0.266 e. The number of carbonyl (C=O) groups excluding carboxylic acids is 2. The van der Waals surface area contributed by atoms with Gasteiger partial charge in [-0.2, -0.15) is 0 Å². The Morgan fingerprint density at radius 3 is 2.58 bits per heavy atom. The second-order valence-corrected chi connectivity index (χ2v) is 9.62. The zero-order chi connectivity index (χ0) is 24.1. The first kappa shape index (κ1) is 24.8. The molecule has 174 valence electrons. The summed E-state index contributed by atoms with van der Waals surface area (Å²) in [6, 6.07) is 11.3. The Labute approximate surface area is 204 Å². The number of benzene rings is 2. The van der Waals surface area contributed by atoms with Gasteiger partial charge in [-0.3, -0.25) is 14.5 Å². The Balaban J connectivity index is 1.72. The molecule has 2 amide bonds. The molecule has 0 bridgehead atoms. The Kier molecular flexibility index (Phi) is 8.15. The maximum atomic E-state index is 12.7. The fourth-order valence-corrected chi connectivity index (χ4v) is 4.80. The number of hydrogen-bond acceptors (Lipinski definition) is 6. The Bertz CT molecular complexity index is 1110. The highest BCUT2D eigenvalue weighted by molar-refractivity contribution is 8.26. The second kappa shape index (κ2) is 10.9. The molecule has 1 fully saturated rings. The van der Waals surface area contributed by atoms with Crippen LogP contribution in [0.5, 0.6) is 11.5 Å². The molecule has 2 aromatic carbocycles. The first-order chi connectivity index (χ1) is 15.7. The average Bonchev–Trinajstić information content (AvgIpc) is 3.03. The molecule has 0 aromatic heterocycles. The molecule has 0 saturated carbocycles. The van der Waals surface area contributed by atoms with Crippen molar-refractivity contribution in [2.45, 2.75) is 40.7 Å². The molecule has 0 aliphatic carbocycles. The van der Waals surface area contributed by atoms with E-state index in [0.29, 0.717) is 27.3 Å². The minimum atomic E-state index is -0.257. The van der Waals surface area contributed by atoms with Crippen LogP contribution in [0, 0.1) is 13.8 Å². The number of thioether (sulfide) groups is 1. The van der Waals surface area contributed by atoms with Gasteiger partial charge in [0.2, 0.25) is 0 Å². The smallest absolute Gasteiger partial charge is 0.266 e. The number of nitrogens with zero attached hydrogens (tertiary/aromatic N) is 1. The van der Waals surface area contributed by atoms with Crippen molar-refractivity contribution in [3.63, 3.8) is 0 Å². The number of rotatable bonds is 8. The van der Waals surface area contributed by atoms with Crippen LogP contribution in [0.3, 0.4) is 0 Å². The summed E-state index contributed by atoms with van der Waals surface area (Å²) in [5, 5.41) is 2.88. The highest BCUT2D eigenvalue weighted by Gasteiger charge is 2.33. The van der Waals surface area contributed by atoms with E-state index in [4.69, 9.17) is 21.7 Å². The molecule has 0 radical (unpaired) electrons. The fourth-order valence-electron chi connectivity index (χ4n) is 3.28. The SMILES string of the molecule is CCOc1cc(/C=C2\SC(=S)N(C(C)C)C2=O)ccc1OCC(=O)Nc1cc(C)ccc1C. The summed E-state index contributed by atoms with van der Waals surface area (Å²) in [7, 11) is 0. The topological polar surface area (TPSA) is 67.9 Å². The van der Waals surface area contributed by atoms with Crippen molar-refractivity contribution in [1.29, 1.82) is 0 Å². The van der Waals surface area contributed by atoms with Gasteiger partial charge < -0.3 is 14.8 Å². The molecule has 1 saturated heterocycles. The summed E-state index contributed by atoms with van der Waals surface area (Å²) in [6.07, 6.45) is 1.79. The number of anilines is 1. The largest absolute Gasteiger partial charge is 0.490 e. The molecular weight excluding hydrogens is 456 g/mol. The molecule has 33 heavy (non-hydrogen) atoms. The van der Waals surface area contributed by atoms with Gasteiger partial charge in [0.05, 0.1) is 11.5 Å². The molecule has 8 heteroatoms. The van der Waals surface area contributed by atoms with Crippen LogP contribution in [-0.4, -0.2) is 40.3 Å². The van der Waals surface area contributed by atoms with Crippen LogP contribution >= 0.6 is 24.0 Å². The first-order valence-electron chi connectivity index (χ1n) is 10.7. The highest BCUT2D eigenvalue weighted by Crippen LogP contribution is 2.35. The number of nitrogens with one attached hydrogen (secondary N) is 1. The molecular formula is C25H28N2O4S2. The summed E-state index contributed by atoms with van der Waals surface area (Å²) >= 11 is 6.63. The van der Waals surface area contributed by atoms with E-state index in [9.17, 15) is 9.59 Å².